The monoisotopic (exact) mass is 319 g/mol. The van der Waals surface area contributed by atoms with Crippen molar-refractivity contribution in [1.29, 1.82) is 0 Å². The first-order chi connectivity index (χ1) is 11.0. The molecule has 0 spiro atoms. The molecule has 23 heavy (non-hydrogen) atoms. The zero-order chi connectivity index (χ0) is 17.2. The molecule has 5 heteroatoms. The molecular weight excluding hydrogens is 290 g/mol. The Bertz CT molecular complexity index is 489. The minimum atomic E-state index is -0.560. The molecule has 0 radical (unpaired) electrons. The molecule has 128 valence electrons. The molecule has 0 saturated heterocycles. The van der Waals surface area contributed by atoms with Crippen molar-refractivity contribution in [2.45, 2.75) is 39.5 Å². The predicted molar refractivity (Wildman–Crippen MR) is 95.8 cm³/mol. The van der Waals surface area contributed by atoms with Gasteiger partial charge in [0, 0.05) is 38.6 Å². The Kier molecular flexibility index (Phi) is 8.16. The third-order valence-electron chi connectivity index (χ3n) is 3.69. The van der Waals surface area contributed by atoms with E-state index < -0.39 is 11.8 Å². The van der Waals surface area contributed by atoms with Crippen molar-refractivity contribution in [1.82, 2.24) is 4.90 Å². The van der Waals surface area contributed by atoms with E-state index in [0.717, 1.165) is 31.4 Å². The van der Waals surface area contributed by atoms with E-state index in [1.165, 1.54) is 0 Å². The van der Waals surface area contributed by atoms with Gasteiger partial charge in [0.2, 0.25) is 0 Å². The molecule has 0 aliphatic heterocycles. The van der Waals surface area contributed by atoms with Crippen molar-refractivity contribution in [3.63, 3.8) is 0 Å². The predicted octanol–water partition coefficient (Wildman–Crippen LogP) is 3.12. The van der Waals surface area contributed by atoms with E-state index in [1.54, 1.807) is 4.90 Å². The van der Waals surface area contributed by atoms with Crippen molar-refractivity contribution in [2.24, 2.45) is 0 Å². The van der Waals surface area contributed by atoms with Crippen LogP contribution in [0.4, 0.5) is 11.4 Å². The summed E-state index contributed by atoms with van der Waals surface area (Å²) in [5.41, 5.74) is 1.68. The lowest BCUT2D eigenvalue weighted by molar-refractivity contribution is -0.143. The quantitative estimate of drug-likeness (QED) is 0.749. The lowest BCUT2D eigenvalue weighted by Gasteiger charge is -2.21. The van der Waals surface area contributed by atoms with Crippen LogP contribution in [0, 0.1) is 0 Å². The Balaban J connectivity index is 2.67. The van der Waals surface area contributed by atoms with Crippen LogP contribution in [0.3, 0.4) is 0 Å². The fourth-order valence-electron chi connectivity index (χ4n) is 2.18. The van der Waals surface area contributed by atoms with Gasteiger partial charge < -0.3 is 15.1 Å². The maximum atomic E-state index is 12.3. The first-order valence-corrected chi connectivity index (χ1v) is 8.37. The van der Waals surface area contributed by atoms with E-state index in [9.17, 15) is 9.59 Å². The molecule has 0 aromatic heterocycles. The summed E-state index contributed by atoms with van der Waals surface area (Å²) in [4.78, 5) is 28.2. The zero-order valence-corrected chi connectivity index (χ0v) is 14.8. The summed E-state index contributed by atoms with van der Waals surface area (Å²) in [5, 5.41) is 2.69. The van der Waals surface area contributed by atoms with Crippen LogP contribution < -0.4 is 10.2 Å². The van der Waals surface area contributed by atoms with E-state index in [2.05, 4.69) is 19.2 Å². The highest BCUT2D eigenvalue weighted by molar-refractivity contribution is 6.39. The van der Waals surface area contributed by atoms with Gasteiger partial charge in [-0.15, -0.1) is 0 Å². The second-order valence-corrected chi connectivity index (χ2v) is 5.89. The van der Waals surface area contributed by atoms with Crippen LogP contribution in [0.25, 0.3) is 0 Å². The number of amides is 2. The summed E-state index contributed by atoms with van der Waals surface area (Å²) in [6, 6.07) is 7.43. The smallest absolute Gasteiger partial charge is 0.313 e. The van der Waals surface area contributed by atoms with E-state index in [4.69, 9.17) is 0 Å². The van der Waals surface area contributed by atoms with E-state index in [0.29, 0.717) is 18.8 Å². The molecule has 0 aliphatic carbocycles. The highest BCUT2D eigenvalue weighted by Gasteiger charge is 2.21. The summed E-state index contributed by atoms with van der Waals surface area (Å²) in [6.45, 7) is 5.44. The molecule has 0 saturated carbocycles. The summed E-state index contributed by atoms with van der Waals surface area (Å²) < 4.78 is 0. The standard InChI is InChI=1S/C18H29N3O2/c1-5-7-13-21(14-8-6-2)18(23)17(22)19-15-9-11-16(12-10-15)20(3)4/h9-12H,5-8,13-14H2,1-4H3,(H,19,22). The number of hydrogen-bond acceptors (Lipinski definition) is 3. The number of rotatable bonds is 8. The molecule has 0 atom stereocenters. The van der Waals surface area contributed by atoms with Gasteiger partial charge in [0.25, 0.3) is 0 Å². The summed E-state index contributed by atoms with van der Waals surface area (Å²) in [7, 11) is 3.91. The zero-order valence-electron chi connectivity index (χ0n) is 14.8. The number of nitrogens with one attached hydrogen (secondary N) is 1. The topological polar surface area (TPSA) is 52.7 Å². The van der Waals surface area contributed by atoms with Crippen LogP contribution in [0.15, 0.2) is 24.3 Å². The lowest BCUT2D eigenvalue weighted by atomic mass is 10.2. The van der Waals surface area contributed by atoms with Crippen LogP contribution in [0.5, 0.6) is 0 Å². The lowest BCUT2D eigenvalue weighted by Crippen LogP contribution is -2.40. The Hall–Kier alpha value is -2.04. The average molecular weight is 319 g/mol. The molecule has 0 aliphatic rings. The summed E-state index contributed by atoms with van der Waals surface area (Å²) in [6.07, 6.45) is 3.84. The number of nitrogens with zero attached hydrogens (tertiary/aromatic N) is 2. The molecule has 0 heterocycles. The van der Waals surface area contributed by atoms with Crippen molar-refractivity contribution in [3.05, 3.63) is 24.3 Å². The molecule has 0 unspecified atom stereocenters. The van der Waals surface area contributed by atoms with Crippen LogP contribution in [-0.2, 0) is 9.59 Å². The summed E-state index contributed by atoms with van der Waals surface area (Å²) in [5.74, 6) is -1.00. The second-order valence-electron chi connectivity index (χ2n) is 5.89. The number of hydrogen-bond donors (Lipinski definition) is 1. The summed E-state index contributed by atoms with van der Waals surface area (Å²) >= 11 is 0. The third-order valence-corrected chi connectivity index (χ3v) is 3.69. The van der Waals surface area contributed by atoms with Crippen molar-refractivity contribution in [3.8, 4) is 0 Å². The van der Waals surface area contributed by atoms with Gasteiger partial charge in [0.15, 0.2) is 0 Å². The number of carbonyl (C=O) groups excluding carboxylic acids is 2. The molecule has 1 rings (SSSR count). The van der Waals surface area contributed by atoms with Gasteiger partial charge in [-0.05, 0) is 37.1 Å². The molecule has 1 aromatic rings. The Morgan fingerprint density at radius 2 is 1.48 bits per heavy atom. The Morgan fingerprint density at radius 1 is 0.957 bits per heavy atom. The SMILES string of the molecule is CCCCN(CCCC)C(=O)C(=O)Nc1ccc(N(C)C)cc1. The van der Waals surface area contributed by atoms with Crippen LogP contribution in [-0.4, -0.2) is 43.9 Å². The number of anilines is 2. The minimum Gasteiger partial charge on any atom is -0.378 e. The normalized spacial score (nSPS) is 10.3. The van der Waals surface area contributed by atoms with Gasteiger partial charge in [0.1, 0.15) is 0 Å². The molecule has 1 aromatic carbocycles. The Labute approximate surface area is 139 Å². The van der Waals surface area contributed by atoms with Crippen molar-refractivity contribution in [2.75, 3.05) is 37.4 Å². The number of benzene rings is 1. The Morgan fingerprint density at radius 3 is 1.91 bits per heavy atom. The number of unbranched alkanes of at least 4 members (excludes halogenated alkanes) is 2. The van der Waals surface area contributed by atoms with Crippen LogP contribution >= 0.6 is 0 Å². The molecular formula is C18H29N3O2. The van der Waals surface area contributed by atoms with Crippen LogP contribution in [0.1, 0.15) is 39.5 Å². The molecule has 2 amide bonds. The van der Waals surface area contributed by atoms with Gasteiger partial charge in [-0.1, -0.05) is 26.7 Å². The molecule has 0 bridgehead atoms. The number of carbonyl (C=O) groups is 2. The van der Waals surface area contributed by atoms with Gasteiger partial charge in [0.05, 0.1) is 0 Å². The largest absolute Gasteiger partial charge is 0.378 e. The molecule has 0 fully saturated rings. The minimum absolute atomic E-state index is 0.441. The average Bonchev–Trinajstić information content (AvgIpc) is 2.55. The van der Waals surface area contributed by atoms with Gasteiger partial charge in [-0.2, -0.15) is 0 Å². The fourth-order valence-corrected chi connectivity index (χ4v) is 2.18. The fraction of sp³-hybridized carbons (Fsp3) is 0.556. The second kappa shape index (κ2) is 9.87. The van der Waals surface area contributed by atoms with Gasteiger partial charge in [-0.3, -0.25) is 9.59 Å². The van der Waals surface area contributed by atoms with Crippen LogP contribution in [0.2, 0.25) is 0 Å². The maximum Gasteiger partial charge on any atom is 0.313 e. The molecule has 1 N–H and O–H groups in total. The van der Waals surface area contributed by atoms with Crippen molar-refractivity contribution >= 4 is 23.2 Å². The first kappa shape index (κ1) is 19.0. The van der Waals surface area contributed by atoms with Gasteiger partial charge >= 0.3 is 11.8 Å². The third kappa shape index (κ3) is 6.30. The highest BCUT2D eigenvalue weighted by atomic mass is 16.2. The van der Waals surface area contributed by atoms with E-state index in [-0.39, 0.29) is 0 Å². The highest BCUT2D eigenvalue weighted by Crippen LogP contribution is 2.15. The van der Waals surface area contributed by atoms with Crippen molar-refractivity contribution < 1.29 is 9.59 Å². The maximum absolute atomic E-state index is 12.3. The van der Waals surface area contributed by atoms with Gasteiger partial charge in [-0.25, -0.2) is 0 Å². The molecule has 5 nitrogen and oxygen atoms in total. The first-order valence-electron chi connectivity index (χ1n) is 8.37. The van der Waals surface area contributed by atoms with E-state index >= 15 is 0 Å². The van der Waals surface area contributed by atoms with E-state index in [1.807, 2.05) is 43.3 Å².